The highest BCUT2D eigenvalue weighted by atomic mass is 16.5. The molecule has 218 valence electrons. The van der Waals surface area contributed by atoms with E-state index in [0.29, 0.717) is 23.7 Å². The maximum Gasteiger partial charge on any atom is 0.326 e. The summed E-state index contributed by atoms with van der Waals surface area (Å²) in [5.74, 6) is -0.501. The van der Waals surface area contributed by atoms with Crippen molar-refractivity contribution in [1.82, 2.24) is 15.5 Å². The van der Waals surface area contributed by atoms with E-state index in [1.54, 1.807) is 12.1 Å². The summed E-state index contributed by atoms with van der Waals surface area (Å²) in [5, 5.41) is 16.6. The average molecular weight is 567 g/mol. The summed E-state index contributed by atoms with van der Waals surface area (Å²) in [6.45, 7) is 8.49. The molecule has 8 heteroatoms. The van der Waals surface area contributed by atoms with Gasteiger partial charge in [-0.15, -0.1) is 0 Å². The smallest absolute Gasteiger partial charge is 0.326 e. The molecular weight excluding hydrogens is 528 g/mol. The van der Waals surface area contributed by atoms with Crippen LogP contribution in [0.5, 0.6) is 0 Å². The number of hydrogen-bond donors (Lipinski definition) is 2. The number of aliphatic carboxylic acids is 1. The molecule has 1 amide bonds. The second-order valence-electron chi connectivity index (χ2n) is 11.9. The Balaban J connectivity index is 1.17. The van der Waals surface area contributed by atoms with Crippen molar-refractivity contribution in [1.29, 1.82) is 0 Å². The molecular formula is C34H38N4O4. The van der Waals surface area contributed by atoms with Crippen LogP contribution in [-0.4, -0.2) is 46.3 Å². The Hall–Kier alpha value is -4.46. The van der Waals surface area contributed by atoms with Crippen molar-refractivity contribution in [3.63, 3.8) is 0 Å². The minimum Gasteiger partial charge on any atom is -0.480 e. The number of piperidine rings is 1. The number of aromatic nitrogens is 2. The lowest BCUT2D eigenvalue weighted by Gasteiger charge is -2.28. The quantitative estimate of drug-likeness (QED) is 0.238. The van der Waals surface area contributed by atoms with Gasteiger partial charge in [0.2, 0.25) is 5.82 Å². The molecule has 3 aromatic carbocycles. The van der Waals surface area contributed by atoms with Crippen LogP contribution in [0.3, 0.4) is 0 Å². The Morgan fingerprint density at radius 2 is 1.55 bits per heavy atom. The molecule has 1 atom stereocenters. The van der Waals surface area contributed by atoms with Crippen LogP contribution in [0.4, 0.5) is 5.69 Å². The first kappa shape index (κ1) is 29.0. The topological polar surface area (TPSA) is 109 Å². The number of nitrogens with one attached hydrogen (secondary N) is 1. The predicted octanol–water partition coefficient (Wildman–Crippen LogP) is 6.51. The van der Waals surface area contributed by atoms with Crippen LogP contribution in [0.15, 0.2) is 77.3 Å². The third-order valence-electron chi connectivity index (χ3n) is 7.81. The van der Waals surface area contributed by atoms with E-state index < -0.39 is 17.9 Å². The highest BCUT2D eigenvalue weighted by Gasteiger charge is 2.22. The van der Waals surface area contributed by atoms with Crippen LogP contribution in [0.1, 0.15) is 67.9 Å². The molecule has 1 aromatic heterocycles. The van der Waals surface area contributed by atoms with Gasteiger partial charge in [0.25, 0.3) is 11.8 Å². The average Bonchev–Trinajstić information content (AvgIpc) is 3.50. The second-order valence-corrected chi connectivity index (χ2v) is 11.9. The van der Waals surface area contributed by atoms with Crippen molar-refractivity contribution in [2.24, 2.45) is 0 Å². The molecule has 2 N–H and O–H groups in total. The van der Waals surface area contributed by atoms with Crippen LogP contribution in [0.2, 0.25) is 0 Å². The highest BCUT2D eigenvalue weighted by Crippen LogP contribution is 2.27. The van der Waals surface area contributed by atoms with Gasteiger partial charge in [-0.1, -0.05) is 62.3 Å². The fourth-order valence-corrected chi connectivity index (χ4v) is 5.18. The number of carboxylic acids is 1. The molecule has 4 aromatic rings. The van der Waals surface area contributed by atoms with E-state index in [9.17, 15) is 14.7 Å². The van der Waals surface area contributed by atoms with Crippen molar-refractivity contribution in [2.75, 3.05) is 18.0 Å². The van der Waals surface area contributed by atoms with Crippen LogP contribution >= 0.6 is 0 Å². The molecule has 0 saturated carbocycles. The molecule has 1 unspecified atom stereocenters. The normalized spacial score (nSPS) is 14.4. The first-order valence-corrected chi connectivity index (χ1v) is 14.6. The van der Waals surface area contributed by atoms with Gasteiger partial charge >= 0.3 is 5.97 Å². The van der Waals surface area contributed by atoms with Gasteiger partial charge in [0.15, 0.2) is 0 Å². The number of rotatable bonds is 9. The van der Waals surface area contributed by atoms with Gasteiger partial charge < -0.3 is 19.8 Å². The third kappa shape index (κ3) is 7.05. The number of benzene rings is 3. The Morgan fingerprint density at radius 3 is 2.17 bits per heavy atom. The van der Waals surface area contributed by atoms with Crippen molar-refractivity contribution in [2.45, 2.75) is 64.3 Å². The number of carboxylic acid groups (broad SMARTS) is 1. The number of nitrogens with zero attached hydrogens (tertiary/aromatic N) is 3. The van der Waals surface area contributed by atoms with E-state index >= 15 is 0 Å². The lowest BCUT2D eigenvalue weighted by molar-refractivity contribution is -0.139. The molecule has 1 fully saturated rings. The summed E-state index contributed by atoms with van der Waals surface area (Å²) in [6.07, 6.45) is 4.52. The fraction of sp³-hybridized carbons (Fsp3) is 0.353. The molecule has 1 aliphatic rings. The summed E-state index contributed by atoms with van der Waals surface area (Å²) in [6, 6.07) is 22.2. The van der Waals surface area contributed by atoms with Crippen LogP contribution in [0.25, 0.3) is 22.8 Å². The molecule has 0 radical (unpaired) electrons. The Kier molecular flexibility index (Phi) is 8.71. The summed E-state index contributed by atoms with van der Waals surface area (Å²) in [7, 11) is 0. The Labute approximate surface area is 246 Å². The maximum atomic E-state index is 12.7. The summed E-state index contributed by atoms with van der Waals surface area (Å²) in [5.41, 5.74) is 5.36. The minimum absolute atomic E-state index is 0.0287. The van der Waals surface area contributed by atoms with E-state index in [0.717, 1.165) is 35.3 Å². The molecule has 42 heavy (non-hydrogen) atoms. The number of anilines is 1. The maximum absolute atomic E-state index is 12.7. The van der Waals surface area contributed by atoms with Gasteiger partial charge in [0.05, 0.1) is 0 Å². The van der Waals surface area contributed by atoms with Crippen LogP contribution < -0.4 is 10.2 Å². The van der Waals surface area contributed by atoms with Crippen LogP contribution in [-0.2, 0) is 16.6 Å². The highest BCUT2D eigenvalue weighted by molar-refractivity contribution is 5.96. The van der Waals surface area contributed by atoms with E-state index in [1.807, 2.05) is 48.5 Å². The zero-order chi connectivity index (χ0) is 29.7. The van der Waals surface area contributed by atoms with Gasteiger partial charge in [0, 0.05) is 35.5 Å². The Bertz CT molecular complexity index is 1500. The molecule has 1 aliphatic heterocycles. The van der Waals surface area contributed by atoms with Gasteiger partial charge in [-0.25, -0.2) is 4.79 Å². The number of carbonyl (C=O) groups is 2. The molecule has 0 bridgehead atoms. The molecule has 5 rings (SSSR count). The van der Waals surface area contributed by atoms with Crippen LogP contribution in [0, 0.1) is 0 Å². The summed E-state index contributed by atoms with van der Waals surface area (Å²) >= 11 is 0. The van der Waals surface area contributed by atoms with E-state index in [4.69, 9.17) is 4.52 Å². The van der Waals surface area contributed by atoms with E-state index in [1.165, 1.54) is 24.9 Å². The number of amides is 1. The lowest BCUT2D eigenvalue weighted by atomic mass is 9.86. The van der Waals surface area contributed by atoms with Gasteiger partial charge in [-0.2, -0.15) is 4.98 Å². The monoisotopic (exact) mass is 566 g/mol. The first-order chi connectivity index (χ1) is 20.2. The predicted molar refractivity (Wildman–Crippen MR) is 164 cm³/mol. The van der Waals surface area contributed by atoms with Gasteiger partial charge in [-0.05, 0) is 85.0 Å². The minimum atomic E-state index is -1.06. The van der Waals surface area contributed by atoms with Crippen molar-refractivity contribution < 1.29 is 19.2 Å². The second kappa shape index (κ2) is 12.6. The number of hydrogen-bond acceptors (Lipinski definition) is 6. The molecule has 1 saturated heterocycles. The lowest BCUT2D eigenvalue weighted by Crippen LogP contribution is -2.41. The zero-order valence-electron chi connectivity index (χ0n) is 24.5. The zero-order valence-corrected chi connectivity index (χ0v) is 24.5. The van der Waals surface area contributed by atoms with Crippen molar-refractivity contribution in [3.8, 4) is 22.8 Å². The fourth-order valence-electron chi connectivity index (χ4n) is 5.18. The SMILES string of the molecule is CC(C)(C)c1ccc(C(=O)NC(CCc2ccc(-c3noc(-c4ccc(N5CCCCC5)cc4)n3)cc2)C(=O)O)cc1. The van der Waals surface area contributed by atoms with Gasteiger partial charge in [0.1, 0.15) is 6.04 Å². The van der Waals surface area contributed by atoms with Crippen molar-refractivity contribution in [3.05, 3.63) is 89.5 Å². The number of carbonyl (C=O) groups excluding carboxylic acids is 1. The largest absolute Gasteiger partial charge is 0.480 e. The summed E-state index contributed by atoms with van der Waals surface area (Å²) < 4.78 is 5.54. The first-order valence-electron chi connectivity index (χ1n) is 14.6. The summed E-state index contributed by atoms with van der Waals surface area (Å²) in [4.78, 5) is 31.6. The Morgan fingerprint density at radius 1 is 0.905 bits per heavy atom. The third-order valence-corrected chi connectivity index (χ3v) is 7.81. The molecule has 0 spiro atoms. The molecule has 8 nitrogen and oxygen atoms in total. The standard InChI is InChI=1S/C34H38N4O4/c1-34(2,3)27-16-12-25(13-17-27)31(39)35-29(33(40)41)20-9-23-7-10-24(11-8-23)30-36-32(42-37-30)26-14-18-28(19-15-26)38-21-5-4-6-22-38/h7-8,10-19,29H,4-6,9,20-22H2,1-3H3,(H,35,39)(H,40,41). The van der Waals surface area contributed by atoms with E-state index in [2.05, 4.69) is 53.3 Å². The molecule has 2 heterocycles. The van der Waals surface area contributed by atoms with Gasteiger partial charge in [-0.3, -0.25) is 4.79 Å². The molecule has 0 aliphatic carbocycles. The van der Waals surface area contributed by atoms with E-state index in [-0.39, 0.29) is 11.8 Å². The van der Waals surface area contributed by atoms with Crippen molar-refractivity contribution >= 4 is 17.6 Å². The number of aryl methyl sites for hydroxylation is 1.